The maximum atomic E-state index is 13.7. The Morgan fingerprint density at radius 1 is 1.13 bits per heavy atom. The lowest BCUT2D eigenvalue weighted by atomic mass is 10.2. The Balaban J connectivity index is 1.98. The number of carbonyl (C=O) groups is 1. The maximum absolute atomic E-state index is 13.7. The average Bonchev–Trinajstić information content (AvgIpc) is 2.90. The SMILES string of the molecule is NC(=O)c1cc2cc(NS(=O)(=O)c3ccccc3F)ccc2[nH]1. The molecule has 0 spiro atoms. The summed E-state index contributed by atoms with van der Waals surface area (Å²) >= 11 is 0. The number of hydrogen-bond donors (Lipinski definition) is 3. The fraction of sp³-hybridized carbons (Fsp3) is 0. The molecule has 0 saturated heterocycles. The number of aromatic amines is 1. The van der Waals surface area contributed by atoms with Crippen LogP contribution < -0.4 is 10.5 Å². The highest BCUT2D eigenvalue weighted by Crippen LogP contribution is 2.23. The van der Waals surface area contributed by atoms with Gasteiger partial charge in [-0.3, -0.25) is 9.52 Å². The number of aromatic nitrogens is 1. The topological polar surface area (TPSA) is 105 Å². The quantitative estimate of drug-likeness (QED) is 0.681. The number of anilines is 1. The Bertz CT molecular complexity index is 1010. The number of nitrogens with one attached hydrogen (secondary N) is 2. The first-order valence-electron chi connectivity index (χ1n) is 6.57. The number of amides is 1. The van der Waals surface area contributed by atoms with Crippen LogP contribution in [0.5, 0.6) is 0 Å². The fourth-order valence-electron chi connectivity index (χ4n) is 2.20. The summed E-state index contributed by atoms with van der Waals surface area (Å²) in [5, 5.41) is 0.604. The molecule has 0 aliphatic carbocycles. The number of carbonyl (C=O) groups excluding carboxylic acids is 1. The van der Waals surface area contributed by atoms with Crippen molar-refractivity contribution >= 4 is 32.5 Å². The molecule has 118 valence electrons. The van der Waals surface area contributed by atoms with Crippen molar-refractivity contribution in [2.24, 2.45) is 5.73 Å². The van der Waals surface area contributed by atoms with E-state index in [-0.39, 0.29) is 11.4 Å². The molecule has 0 radical (unpaired) electrons. The molecule has 0 unspecified atom stereocenters. The standard InChI is InChI=1S/C15H12FN3O3S/c16-11-3-1-2-4-14(11)23(21,22)19-10-5-6-12-9(7-10)8-13(18-12)15(17)20/h1-8,18-19H,(H2,17,20). The zero-order valence-corrected chi connectivity index (χ0v) is 12.5. The lowest BCUT2D eigenvalue weighted by Crippen LogP contribution is -2.14. The number of fused-ring (bicyclic) bond motifs is 1. The molecular weight excluding hydrogens is 321 g/mol. The van der Waals surface area contributed by atoms with Gasteiger partial charge in [-0.25, -0.2) is 12.8 Å². The van der Waals surface area contributed by atoms with Gasteiger partial charge in [0.1, 0.15) is 16.4 Å². The highest BCUT2D eigenvalue weighted by molar-refractivity contribution is 7.92. The Labute approximate surface area is 131 Å². The third-order valence-electron chi connectivity index (χ3n) is 3.26. The fourth-order valence-corrected chi connectivity index (χ4v) is 3.33. The summed E-state index contributed by atoms with van der Waals surface area (Å²) in [6, 6.07) is 11.2. The van der Waals surface area contributed by atoms with Gasteiger partial charge in [-0.05, 0) is 36.4 Å². The second kappa shape index (κ2) is 5.40. The minimum Gasteiger partial charge on any atom is -0.364 e. The number of halogens is 1. The van der Waals surface area contributed by atoms with Crippen LogP contribution in [0, 0.1) is 5.82 Å². The molecule has 0 saturated carbocycles. The average molecular weight is 333 g/mol. The van der Waals surface area contributed by atoms with Crippen molar-refractivity contribution in [3.05, 3.63) is 60.0 Å². The first-order valence-corrected chi connectivity index (χ1v) is 8.05. The summed E-state index contributed by atoms with van der Waals surface area (Å²) in [6.45, 7) is 0. The van der Waals surface area contributed by atoms with Gasteiger partial charge in [0, 0.05) is 16.6 Å². The number of hydrogen-bond acceptors (Lipinski definition) is 3. The predicted octanol–water partition coefficient (Wildman–Crippen LogP) is 2.21. The van der Waals surface area contributed by atoms with Crippen molar-refractivity contribution in [2.45, 2.75) is 4.90 Å². The molecule has 0 aliphatic heterocycles. The van der Waals surface area contributed by atoms with Gasteiger partial charge in [-0.15, -0.1) is 0 Å². The molecule has 6 nitrogen and oxygen atoms in total. The molecule has 8 heteroatoms. The summed E-state index contributed by atoms with van der Waals surface area (Å²) in [7, 11) is -4.05. The van der Waals surface area contributed by atoms with E-state index in [0.717, 1.165) is 6.07 Å². The molecule has 0 aliphatic rings. The monoisotopic (exact) mass is 333 g/mol. The molecule has 1 amide bonds. The third-order valence-corrected chi connectivity index (χ3v) is 4.68. The number of sulfonamides is 1. The van der Waals surface area contributed by atoms with E-state index >= 15 is 0 Å². The molecular formula is C15H12FN3O3S. The van der Waals surface area contributed by atoms with Gasteiger partial charge in [0.25, 0.3) is 15.9 Å². The van der Waals surface area contributed by atoms with Crippen LogP contribution in [-0.4, -0.2) is 19.3 Å². The van der Waals surface area contributed by atoms with E-state index in [1.165, 1.54) is 36.4 Å². The van der Waals surface area contributed by atoms with Crippen molar-refractivity contribution < 1.29 is 17.6 Å². The molecule has 0 bridgehead atoms. The molecule has 3 aromatic rings. The van der Waals surface area contributed by atoms with E-state index in [1.807, 2.05) is 0 Å². The lowest BCUT2D eigenvalue weighted by Gasteiger charge is -2.08. The highest BCUT2D eigenvalue weighted by Gasteiger charge is 2.18. The van der Waals surface area contributed by atoms with E-state index in [0.29, 0.717) is 10.9 Å². The minimum atomic E-state index is -4.05. The summed E-state index contributed by atoms with van der Waals surface area (Å²) < 4.78 is 40.4. The van der Waals surface area contributed by atoms with Crippen LogP contribution in [0.2, 0.25) is 0 Å². The molecule has 3 rings (SSSR count). The first kappa shape index (κ1) is 15.0. The highest BCUT2D eigenvalue weighted by atomic mass is 32.2. The number of rotatable bonds is 4. The number of primary amides is 1. The molecule has 1 heterocycles. The van der Waals surface area contributed by atoms with E-state index in [9.17, 15) is 17.6 Å². The predicted molar refractivity (Wildman–Crippen MR) is 84.0 cm³/mol. The Morgan fingerprint density at radius 3 is 2.57 bits per heavy atom. The Hall–Kier alpha value is -2.87. The van der Waals surface area contributed by atoms with E-state index in [2.05, 4.69) is 9.71 Å². The zero-order chi connectivity index (χ0) is 16.6. The normalized spacial score (nSPS) is 11.5. The second-order valence-corrected chi connectivity index (χ2v) is 6.54. The number of H-pyrrole nitrogens is 1. The first-order chi connectivity index (χ1) is 10.9. The Morgan fingerprint density at radius 2 is 1.87 bits per heavy atom. The van der Waals surface area contributed by atoms with Crippen LogP contribution in [0.4, 0.5) is 10.1 Å². The lowest BCUT2D eigenvalue weighted by molar-refractivity contribution is 0.0996. The van der Waals surface area contributed by atoms with Crippen LogP contribution in [0.1, 0.15) is 10.5 Å². The van der Waals surface area contributed by atoms with E-state index < -0.39 is 26.6 Å². The smallest absolute Gasteiger partial charge is 0.265 e. The van der Waals surface area contributed by atoms with Crippen LogP contribution in [0.15, 0.2) is 53.4 Å². The molecule has 1 aromatic heterocycles. The van der Waals surface area contributed by atoms with Gasteiger partial charge in [0.15, 0.2) is 0 Å². The molecule has 0 atom stereocenters. The van der Waals surface area contributed by atoms with Crippen LogP contribution in [-0.2, 0) is 10.0 Å². The zero-order valence-electron chi connectivity index (χ0n) is 11.7. The van der Waals surface area contributed by atoms with Gasteiger partial charge in [-0.2, -0.15) is 0 Å². The van der Waals surface area contributed by atoms with Gasteiger partial charge < -0.3 is 10.7 Å². The van der Waals surface area contributed by atoms with Crippen molar-refractivity contribution in [1.82, 2.24) is 4.98 Å². The Kier molecular flexibility index (Phi) is 3.53. The molecule has 2 aromatic carbocycles. The van der Waals surface area contributed by atoms with Crippen molar-refractivity contribution in [3.63, 3.8) is 0 Å². The minimum absolute atomic E-state index is 0.217. The molecule has 23 heavy (non-hydrogen) atoms. The number of benzene rings is 2. The van der Waals surface area contributed by atoms with E-state index in [1.54, 1.807) is 6.07 Å². The van der Waals surface area contributed by atoms with Gasteiger partial charge >= 0.3 is 0 Å². The molecule has 0 fully saturated rings. The third kappa shape index (κ3) is 2.88. The largest absolute Gasteiger partial charge is 0.364 e. The maximum Gasteiger partial charge on any atom is 0.265 e. The van der Waals surface area contributed by atoms with Crippen molar-refractivity contribution in [1.29, 1.82) is 0 Å². The second-order valence-electron chi connectivity index (χ2n) is 4.89. The summed E-state index contributed by atoms with van der Waals surface area (Å²) in [4.78, 5) is 13.5. The number of nitrogens with two attached hydrogens (primary N) is 1. The van der Waals surface area contributed by atoms with Crippen LogP contribution >= 0.6 is 0 Å². The molecule has 4 N–H and O–H groups in total. The van der Waals surface area contributed by atoms with Gasteiger partial charge in [0.2, 0.25) is 0 Å². The van der Waals surface area contributed by atoms with Crippen LogP contribution in [0.3, 0.4) is 0 Å². The van der Waals surface area contributed by atoms with Crippen molar-refractivity contribution in [3.8, 4) is 0 Å². The summed E-state index contributed by atoms with van der Waals surface area (Å²) in [5.74, 6) is -1.45. The van der Waals surface area contributed by atoms with E-state index in [4.69, 9.17) is 5.73 Å². The summed E-state index contributed by atoms with van der Waals surface area (Å²) in [5.41, 5.74) is 6.28. The van der Waals surface area contributed by atoms with Crippen molar-refractivity contribution in [2.75, 3.05) is 4.72 Å². The van der Waals surface area contributed by atoms with Crippen LogP contribution in [0.25, 0.3) is 10.9 Å². The summed E-state index contributed by atoms with van der Waals surface area (Å²) in [6.07, 6.45) is 0. The van der Waals surface area contributed by atoms with Gasteiger partial charge in [0.05, 0.1) is 0 Å². The van der Waals surface area contributed by atoms with Gasteiger partial charge in [-0.1, -0.05) is 12.1 Å².